The molecule has 28 heavy (non-hydrogen) atoms. The zero-order valence-corrected chi connectivity index (χ0v) is 16.1. The van der Waals surface area contributed by atoms with Gasteiger partial charge >= 0.3 is 12.1 Å². The summed E-state index contributed by atoms with van der Waals surface area (Å²) in [6.07, 6.45) is -1.29. The molecule has 1 heterocycles. The van der Waals surface area contributed by atoms with Crippen LogP contribution in [0.5, 0.6) is 0 Å². The first-order chi connectivity index (χ1) is 13.3. The van der Waals surface area contributed by atoms with Gasteiger partial charge in [0.2, 0.25) is 0 Å². The van der Waals surface area contributed by atoms with Gasteiger partial charge in [0, 0.05) is 5.92 Å². The van der Waals surface area contributed by atoms with E-state index in [1.165, 1.54) is 4.90 Å². The number of nitrogens with zero attached hydrogens (tertiary/aromatic N) is 1. The fourth-order valence-electron chi connectivity index (χ4n) is 4.43. The zero-order valence-electron chi connectivity index (χ0n) is 16.1. The van der Waals surface area contributed by atoms with Crippen molar-refractivity contribution in [3.63, 3.8) is 0 Å². The second kappa shape index (κ2) is 6.63. The first-order valence-corrected chi connectivity index (χ1v) is 9.36. The molecule has 0 bridgehead atoms. The number of ether oxygens (including phenoxy) is 2. The van der Waals surface area contributed by atoms with Gasteiger partial charge in [-0.1, -0.05) is 48.5 Å². The Morgan fingerprint density at radius 2 is 1.61 bits per heavy atom. The Kier molecular flexibility index (Phi) is 4.38. The molecular weight excluding hydrogens is 358 g/mol. The highest BCUT2D eigenvalue weighted by Gasteiger charge is 2.52. The number of carbonyl (C=O) groups is 2. The van der Waals surface area contributed by atoms with Crippen LogP contribution in [0.2, 0.25) is 0 Å². The predicted octanol–water partition coefficient (Wildman–Crippen LogP) is 3.85. The van der Waals surface area contributed by atoms with Gasteiger partial charge in [-0.15, -0.1) is 0 Å². The zero-order chi connectivity index (χ0) is 20.1. The molecule has 2 aliphatic rings. The van der Waals surface area contributed by atoms with Crippen LogP contribution in [-0.4, -0.2) is 46.5 Å². The van der Waals surface area contributed by atoms with Gasteiger partial charge in [0.05, 0.1) is 6.10 Å². The lowest BCUT2D eigenvalue weighted by Gasteiger charge is -2.31. The van der Waals surface area contributed by atoms with Crippen LogP contribution in [0.15, 0.2) is 48.5 Å². The Bertz CT molecular complexity index is 893. The standard InChI is InChI=1S/C22H23NO5/c1-13-19(20(24)25)23(22(2,3)28-13)21(26)27-12-18-16-10-6-4-8-14(16)15-9-5-7-11-17(15)18/h4-11,13,18-19H,12H2,1-3H3,(H,24,25)/t13-,19-/m0/s1. The summed E-state index contributed by atoms with van der Waals surface area (Å²) in [5, 5.41) is 9.55. The van der Waals surface area contributed by atoms with Crippen molar-refractivity contribution in [1.82, 2.24) is 4.90 Å². The molecule has 0 aromatic heterocycles. The van der Waals surface area contributed by atoms with Crippen molar-refractivity contribution in [2.45, 2.75) is 44.6 Å². The van der Waals surface area contributed by atoms with E-state index in [0.717, 1.165) is 22.3 Å². The number of rotatable bonds is 3. The molecular formula is C22H23NO5. The summed E-state index contributed by atoms with van der Waals surface area (Å²) in [7, 11) is 0. The summed E-state index contributed by atoms with van der Waals surface area (Å²) in [5.41, 5.74) is 3.45. The van der Waals surface area contributed by atoms with Gasteiger partial charge in [-0.2, -0.15) is 0 Å². The number of aliphatic carboxylic acids is 1. The molecule has 2 aromatic rings. The van der Waals surface area contributed by atoms with Crippen LogP contribution < -0.4 is 0 Å². The molecule has 1 fully saturated rings. The highest BCUT2D eigenvalue weighted by molar-refractivity contribution is 5.82. The molecule has 2 aromatic carbocycles. The second-order valence-corrected chi connectivity index (χ2v) is 7.73. The van der Waals surface area contributed by atoms with Gasteiger partial charge < -0.3 is 14.6 Å². The van der Waals surface area contributed by atoms with E-state index in [1.807, 2.05) is 36.4 Å². The summed E-state index contributed by atoms with van der Waals surface area (Å²) in [6.45, 7) is 5.14. The van der Waals surface area contributed by atoms with E-state index in [9.17, 15) is 14.7 Å². The van der Waals surface area contributed by atoms with E-state index in [1.54, 1.807) is 20.8 Å². The van der Waals surface area contributed by atoms with E-state index in [4.69, 9.17) is 9.47 Å². The number of fused-ring (bicyclic) bond motifs is 3. The van der Waals surface area contributed by atoms with Crippen molar-refractivity contribution < 1.29 is 24.2 Å². The molecule has 4 rings (SSSR count). The minimum atomic E-state index is -1.11. The van der Waals surface area contributed by atoms with Gasteiger partial charge in [-0.05, 0) is 43.0 Å². The fourth-order valence-corrected chi connectivity index (χ4v) is 4.43. The molecule has 1 saturated heterocycles. The molecule has 1 N–H and O–H groups in total. The Morgan fingerprint density at radius 1 is 1.07 bits per heavy atom. The lowest BCUT2D eigenvalue weighted by Crippen LogP contribution is -2.51. The van der Waals surface area contributed by atoms with Crippen LogP contribution in [-0.2, 0) is 14.3 Å². The monoisotopic (exact) mass is 381 g/mol. The van der Waals surface area contributed by atoms with E-state index in [2.05, 4.69) is 12.1 Å². The molecule has 6 heteroatoms. The predicted molar refractivity (Wildman–Crippen MR) is 103 cm³/mol. The molecule has 0 spiro atoms. The van der Waals surface area contributed by atoms with Gasteiger partial charge in [0.25, 0.3) is 0 Å². The number of amides is 1. The Balaban J connectivity index is 1.58. The fraction of sp³-hybridized carbons (Fsp3) is 0.364. The maximum Gasteiger partial charge on any atom is 0.412 e. The minimum absolute atomic E-state index is 0.0799. The molecule has 1 aliphatic heterocycles. The summed E-state index contributed by atoms with van der Waals surface area (Å²) in [6, 6.07) is 15.1. The normalized spacial score (nSPS) is 22.6. The molecule has 146 valence electrons. The van der Waals surface area contributed by atoms with Gasteiger partial charge in [0.15, 0.2) is 6.04 Å². The Morgan fingerprint density at radius 3 is 2.14 bits per heavy atom. The summed E-state index contributed by atoms with van der Waals surface area (Å²) >= 11 is 0. The van der Waals surface area contributed by atoms with Crippen molar-refractivity contribution >= 4 is 12.1 Å². The summed E-state index contributed by atoms with van der Waals surface area (Å²) in [4.78, 5) is 25.7. The molecule has 1 aliphatic carbocycles. The number of benzene rings is 2. The topological polar surface area (TPSA) is 76.1 Å². The third kappa shape index (κ3) is 2.85. The highest BCUT2D eigenvalue weighted by atomic mass is 16.6. The van der Waals surface area contributed by atoms with Crippen LogP contribution >= 0.6 is 0 Å². The lowest BCUT2D eigenvalue weighted by atomic mass is 9.98. The minimum Gasteiger partial charge on any atom is -0.480 e. The lowest BCUT2D eigenvalue weighted by molar-refractivity contribution is -0.143. The van der Waals surface area contributed by atoms with Crippen LogP contribution in [0.3, 0.4) is 0 Å². The van der Waals surface area contributed by atoms with E-state index < -0.39 is 29.9 Å². The largest absolute Gasteiger partial charge is 0.480 e. The summed E-state index contributed by atoms with van der Waals surface area (Å²) < 4.78 is 11.3. The van der Waals surface area contributed by atoms with Crippen molar-refractivity contribution in [1.29, 1.82) is 0 Å². The second-order valence-electron chi connectivity index (χ2n) is 7.73. The van der Waals surface area contributed by atoms with Crippen molar-refractivity contribution in [3.05, 3.63) is 59.7 Å². The number of carboxylic acids is 1. The number of hydrogen-bond acceptors (Lipinski definition) is 4. The first-order valence-electron chi connectivity index (χ1n) is 9.36. The van der Waals surface area contributed by atoms with Gasteiger partial charge in [-0.3, -0.25) is 4.90 Å². The van der Waals surface area contributed by atoms with Crippen LogP contribution in [0.4, 0.5) is 4.79 Å². The van der Waals surface area contributed by atoms with Crippen LogP contribution in [0, 0.1) is 0 Å². The van der Waals surface area contributed by atoms with Crippen molar-refractivity contribution in [2.24, 2.45) is 0 Å². The molecule has 6 nitrogen and oxygen atoms in total. The van der Waals surface area contributed by atoms with Gasteiger partial charge in [0.1, 0.15) is 12.3 Å². The number of hydrogen-bond donors (Lipinski definition) is 1. The van der Waals surface area contributed by atoms with Crippen LogP contribution in [0.1, 0.15) is 37.8 Å². The maximum absolute atomic E-state index is 12.9. The quantitative estimate of drug-likeness (QED) is 0.874. The van der Waals surface area contributed by atoms with E-state index in [0.29, 0.717) is 0 Å². The van der Waals surface area contributed by atoms with E-state index in [-0.39, 0.29) is 12.5 Å². The van der Waals surface area contributed by atoms with Crippen LogP contribution in [0.25, 0.3) is 11.1 Å². The molecule has 1 amide bonds. The average molecular weight is 381 g/mol. The van der Waals surface area contributed by atoms with Crippen molar-refractivity contribution in [2.75, 3.05) is 6.61 Å². The number of carbonyl (C=O) groups excluding carboxylic acids is 1. The number of carboxylic acid groups (broad SMARTS) is 1. The first kappa shape index (κ1) is 18.5. The maximum atomic E-state index is 12.9. The molecule has 0 saturated carbocycles. The third-order valence-corrected chi connectivity index (χ3v) is 5.56. The Hall–Kier alpha value is -2.86. The van der Waals surface area contributed by atoms with Gasteiger partial charge in [-0.25, -0.2) is 9.59 Å². The SMILES string of the molecule is C[C@@H]1OC(C)(C)N(C(=O)OCC2c3ccccc3-c3ccccc32)[C@@H]1C(=O)O. The molecule has 0 radical (unpaired) electrons. The average Bonchev–Trinajstić information content (AvgIpc) is 3.10. The van der Waals surface area contributed by atoms with Crippen molar-refractivity contribution in [3.8, 4) is 11.1 Å². The third-order valence-electron chi connectivity index (χ3n) is 5.56. The highest BCUT2D eigenvalue weighted by Crippen LogP contribution is 2.44. The van der Waals surface area contributed by atoms with E-state index >= 15 is 0 Å². The Labute approximate surface area is 163 Å². The molecule has 0 unspecified atom stereocenters. The smallest absolute Gasteiger partial charge is 0.412 e. The molecule has 2 atom stereocenters. The summed E-state index contributed by atoms with van der Waals surface area (Å²) in [5.74, 6) is -1.18.